The zero-order valence-electron chi connectivity index (χ0n) is 20.1. The van der Waals surface area contributed by atoms with Gasteiger partial charge >= 0.3 is 12.1 Å². The van der Waals surface area contributed by atoms with E-state index in [9.17, 15) is 32.3 Å². The second-order valence-electron chi connectivity index (χ2n) is 8.14. The van der Waals surface area contributed by atoms with Gasteiger partial charge in [-0.05, 0) is 73.7 Å². The van der Waals surface area contributed by atoms with E-state index in [4.69, 9.17) is 16.3 Å². The van der Waals surface area contributed by atoms with Crippen LogP contribution in [-0.4, -0.2) is 30.3 Å². The number of halogens is 4. The average Bonchev–Trinajstić information content (AvgIpc) is 3.12. The molecule has 1 aliphatic rings. The molecule has 0 aromatic heterocycles. The van der Waals surface area contributed by atoms with Gasteiger partial charge in [-0.15, -0.1) is 0 Å². The first-order valence-electron chi connectivity index (χ1n) is 11.4. The van der Waals surface area contributed by atoms with E-state index >= 15 is 0 Å². The number of rotatable bonds is 7. The molecule has 1 aliphatic heterocycles. The smallest absolute Gasteiger partial charge is 0.416 e. The molecule has 0 saturated carbocycles. The Hall–Kier alpha value is -4.64. The Morgan fingerprint density at radius 1 is 0.897 bits per heavy atom. The van der Waals surface area contributed by atoms with E-state index in [1.54, 1.807) is 6.92 Å². The molecule has 2 N–H and O–H groups in total. The molecular weight excluding hydrogens is 539 g/mol. The third kappa shape index (κ3) is 5.93. The van der Waals surface area contributed by atoms with Crippen molar-refractivity contribution in [3.63, 3.8) is 0 Å². The van der Waals surface area contributed by atoms with Crippen molar-refractivity contribution in [3.05, 3.63) is 100 Å². The first-order valence-corrected chi connectivity index (χ1v) is 11.8. The molecule has 4 rings (SSSR count). The molecule has 3 amide bonds. The SMILES string of the molecule is CCOC(=O)c1ccc(N2C(=O)C(Cl)=C(Nc3ccc(C(=O)Nc4cccc(C(F)(F)F)c4)cc3)C2=O)cc1. The van der Waals surface area contributed by atoms with Crippen LogP contribution in [0.4, 0.5) is 30.2 Å². The zero-order chi connectivity index (χ0) is 28.3. The lowest BCUT2D eigenvalue weighted by Gasteiger charge is -2.15. The van der Waals surface area contributed by atoms with Crippen LogP contribution in [0.1, 0.15) is 33.2 Å². The van der Waals surface area contributed by atoms with Gasteiger partial charge in [-0.25, -0.2) is 9.69 Å². The van der Waals surface area contributed by atoms with Crippen molar-refractivity contribution in [2.45, 2.75) is 13.1 Å². The zero-order valence-corrected chi connectivity index (χ0v) is 20.9. The lowest BCUT2D eigenvalue weighted by molar-refractivity contribution is -0.137. The summed E-state index contributed by atoms with van der Waals surface area (Å²) in [4.78, 5) is 50.9. The molecule has 1 heterocycles. The van der Waals surface area contributed by atoms with Crippen LogP contribution in [0.15, 0.2) is 83.5 Å². The number of carbonyl (C=O) groups is 4. The van der Waals surface area contributed by atoms with Crippen LogP contribution in [0.25, 0.3) is 0 Å². The molecule has 3 aromatic carbocycles. The second-order valence-corrected chi connectivity index (χ2v) is 8.52. The summed E-state index contributed by atoms with van der Waals surface area (Å²) in [6.45, 7) is 1.86. The lowest BCUT2D eigenvalue weighted by Crippen LogP contribution is -2.32. The van der Waals surface area contributed by atoms with Crippen LogP contribution < -0.4 is 15.5 Å². The predicted molar refractivity (Wildman–Crippen MR) is 137 cm³/mol. The number of benzene rings is 3. The van der Waals surface area contributed by atoms with Crippen molar-refractivity contribution in [1.82, 2.24) is 0 Å². The van der Waals surface area contributed by atoms with Crippen LogP contribution >= 0.6 is 11.6 Å². The monoisotopic (exact) mass is 557 g/mol. The molecule has 8 nitrogen and oxygen atoms in total. The van der Waals surface area contributed by atoms with E-state index in [2.05, 4.69) is 10.6 Å². The fourth-order valence-corrected chi connectivity index (χ4v) is 3.85. The predicted octanol–water partition coefficient (Wildman–Crippen LogP) is 5.57. The Bertz CT molecular complexity index is 1490. The van der Waals surface area contributed by atoms with Crippen LogP contribution in [0.5, 0.6) is 0 Å². The molecule has 0 spiro atoms. The highest BCUT2D eigenvalue weighted by Crippen LogP contribution is 2.32. The van der Waals surface area contributed by atoms with Crippen LogP contribution in [0.2, 0.25) is 0 Å². The molecule has 200 valence electrons. The van der Waals surface area contributed by atoms with Crippen LogP contribution in [-0.2, 0) is 20.5 Å². The summed E-state index contributed by atoms with van der Waals surface area (Å²) >= 11 is 6.14. The van der Waals surface area contributed by atoms with Gasteiger partial charge < -0.3 is 15.4 Å². The number of ether oxygens (including phenoxy) is 1. The minimum absolute atomic E-state index is 0.0283. The van der Waals surface area contributed by atoms with Gasteiger partial charge in [-0.3, -0.25) is 14.4 Å². The first-order chi connectivity index (χ1) is 18.5. The number of nitrogens with zero attached hydrogens (tertiary/aromatic N) is 1. The number of amides is 3. The molecule has 0 atom stereocenters. The van der Waals surface area contributed by atoms with Crippen molar-refractivity contribution >= 4 is 52.4 Å². The van der Waals surface area contributed by atoms with E-state index in [1.165, 1.54) is 60.7 Å². The van der Waals surface area contributed by atoms with Gasteiger partial charge in [-0.1, -0.05) is 17.7 Å². The van der Waals surface area contributed by atoms with E-state index in [0.717, 1.165) is 17.0 Å². The van der Waals surface area contributed by atoms with Gasteiger partial charge in [0.1, 0.15) is 10.7 Å². The molecule has 12 heteroatoms. The minimum Gasteiger partial charge on any atom is -0.462 e. The quantitative estimate of drug-likeness (QED) is 0.291. The number of nitrogens with one attached hydrogen (secondary N) is 2. The summed E-state index contributed by atoms with van der Waals surface area (Å²) in [5.41, 5.74) is -0.236. The Labute approximate surface area is 225 Å². The summed E-state index contributed by atoms with van der Waals surface area (Å²) in [6.07, 6.45) is -4.55. The average molecular weight is 558 g/mol. The molecule has 0 fully saturated rings. The number of alkyl halides is 3. The highest BCUT2D eigenvalue weighted by atomic mass is 35.5. The fraction of sp³-hybridized carbons (Fsp3) is 0.111. The maximum Gasteiger partial charge on any atom is 0.416 e. The maximum absolute atomic E-state index is 13.0. The number of esters is 1. The number of hydrogen-bond donors (Lipinski definition) is 2. The first kappa shape index (κ1) is 27.4. The van der Waals surface area contributed by atoms with Crippen molar-refractivity contribution < 1.29 is 37.1 Å². The highest BCUT2D eigenvalue weighted by molar-refractivity contribution is 6.53. The summed E-state index contributed by atoms with van der Waals surface area (Å²) in [6, 6.07) is 15.5. The number of hydrogen-bond acceptors (Lipinski definition) is 6. The van der Waals surface area contributed by atoms with Crippen LogP contribution in [0.3, 0.4) is 0 Å². The van der Waals surface area contributed by atoms with E-state index in [-0.39, 0.29) is 39.8 Å². The standard InChI is InChI=1S/C27H19ClF3N3O5/c1-2-39-26(38)16-8-12-20(13-9-16)34-24(36)21(28)22(25(34)37)32-18-10-6-15(7-11-18)23(35)33-19-5-3-4-17(14-19)27(29,30)31/h3-14,32H,2H2,1H3,(H,33,35). The maximum atomic E-state index is 13.0. The third-order valence-corrected chi connectivity index (χ3v) is 5.88. The molecule has 39 heavy (non-hydrogen) atoms. The van der Waals surface area contributed by atoms with Crippen molar-refractivity contribution in [1.29, 1.82) is 0 Å². The van der Waals surface area contributed by atoms with E-state index < -0.39 is 35.4 Å². The van der Waals surface area contributed by atoms with Crippen molar-refractivity contribution in [2.24, 2.45) is 0 Å². The Kier molecular flexibility index (Phi) is 7.73. The normalized spacial score (nSPS) is 13.5. The van der Waals surface area contributed by atoms with Gasteiger partial charge in [0.15, 0.2) is 0 Å². The molecule has 0 aliphatic carbocycles. The topological polar surface area (TPSA) is 105 Å². The third-order valence-electron chi connectivity index (χ3n) is 5.53. The highest BCUT2D eigenvalue weighted by Gasteiger charge is 2.39. The molecular formula is C27H19ClF3N3O5. The number of anilines is 3. The minimum atomic E-state index is -4.55. The van der Waals surface area contributed by atoms with Gasteiger partial charge in [-0.2, -0.15) is 13.2 Å². The van der Waals surface area contributed by atoms with Crippen LogP contribution in [0, 0.1) is 0 Å². The summed E-state index contributed by atoms with van der Waals surface area (Å²) in [7, 11) is 0. The van der Waals surface area contributed by atoms with Crippen molar-refractivity contribution in [2.75, 3.05) is 22.1 Å². The van der Waals surface area contributed by atoms with E-state index in [1.807, 2.05) is 0 Å². The molecule has 3 aromatic rings. The lowest BCUT2D eigenvalue weighted by atomic mass is 10.1. The van der Waals surface area contributed by atoms with Crippen molar-refractivity contribution in [3.8, 4) is 0 Å². The van der Waals surface area contributed by atoms with Gasteiger partial charge in [0.2, 0.25) is 0 Å². The van der Waals surface area contributed by atoms with Gasteiger partial charge in [0.25, 0.3) is 17.7 Å². The largest absolute Gasteiger partial charge is 0.462 e. The van der Waals surface area contributed by atoms with Gasteiger partial charge in [0.05, 0.1) is 23.4 Å². The Balaban J connectivity index is 1.44. The van der Waals surface area contributed by atoms with E-state index in [0.29, 0.717) is 5.69 Å². The summed E-state index contributed by atoms with van der Waals surface area (Å²) < 4.78 is 43.7. The molecule has 0 saturated heterocycles. The number of imide groups is 1. The van der Waals surface area contributed by atoms with Gasteiger partial charge in [0, 0.05) is 16.9 Å². The second kappa shape index (κ2) is 11.0. The summed E-state index contributed by atoms with van der Waals surface area (Å²) in [5.74, 6) is -2.71. The molecule has 0 radical (unpaired) electrons. The Morgan fingerprint density at radius 3 is 2.15 bits per heavy atom. The Morgan fingerprint density at radius 2 is 1.54 bits per heavy atom. The number of carbonyl (C=O) groups excluding carboxylic acids is 4. The fourth-order valence-electron chi connectivity index (χ4n) is 3.63. The molecule has 0 unspecified atom stereocenters. The summed E-state index contributed by atoms with van der Waals surface area (Å²) in [5, 5.41) is 4.80. The molecule has 0 bridgehead atoms.